The van der Waals surface area contributed by atoms with Crippen LogP contribution >= 0.6 is 0 Å². The predicted molar refractivity (Wildman–Crippen MR) is 117 cm³/mol. The molecule has 11 nitrogen and oxygen atoms in total. The first-order valence-electron chi connectivity index (χ1n) is 10.9. The molecule has 0 spiro atoms. The predicted octanol–water partition coefficient (Wildman–Crippen LogP) is 3.24. The monoisotopic (exact) mass is 551 g/mol. The van der Waals surface area contributed by atoms with Gasteiger partial charge in [-0.25, -0.2) is 14.6 Å². The number of carbonyl (C=O) groups is 2. The first-order valence-corrected chi connectivity index (χ1v) is 10.9. The second-order valence-corrected chi connectivity index (χ2v) is 7.97. The third-order valence-corrected chi connectivity index (χ3v) is 4.95. The van der Waals surface area contributed by atoms with Gasteiger partial charge in [0.25, 0.3) is 0 Å². The summed E-state index contributed by atoms with van der Waals surface area (Å²) in [5, 5.41) is 22.8. The Balaban J connectivity index is 0.000000301. The van der Waals surface area contributed by atoms with Crippen molar-refractivity contribution in [3.8, 4) is 11.4 Å². The molecule has 1 atom stereocenters. The maximum absolute atomic E-state index is 10.6. The van der Waals surface area contributed by atoms with Crippen LogP contribution in [0.2, 0.25) is 0 Å². The number of halogens is 6. The van der Waals surface area contributed by atoms with E-state index >= 15 is 0 Å². The highest BCUT2D eigenvalue weighted by atomic mass is 19.4. The molecule has 1 saturated heterocycles. The standard InChI is InChI=1S/C17H21N7.2C2HF3O2/c1-2-6-19-16(5-1)17-12-24(22-21-17)10-14-4-3-7-23(9-14)11-15-8-18-13-20-15;2*3-2(4,5)1(6)7/h1-2,5-6,8,12-14H,3-4,7,9-11H2,(H,18,20);2*(H,6,7). The molecule has 1 fully saturated rings. The van der Waals surface area contributed by atoms with E-state index in [0.717, 1.165) is 37.6 Å². The van der Waals surface area contributed by atoms with E-state index in [1.54, 1.807) is 12.5 Å². The fourth-order valence-corrected chi connectivity index (χ4v) is 3.34. The van der Waals surface area contributed by atoms with Crippen LogP contribution in [0.3, 0.4) is 0 Å². The number of nitrogens with zero attached hydrogens (tertiary/aromatic N) is 6. The molecule has 0 amide bonds. The Morgan fingerprint density at radius 2 is 1.71 bits per heavy atom. The van der Waals surface area contributed by atoms with E-state index in [0.29, 0.717) is 5.92 Å². The van der Waals surface area contributed by atoms with Crippen LogP contribution in [0.5, 0.6) is 0 Å². The van der Waals surface area contributed by atoms with Gasteiger partial charge in [-0.1, -0.05) is 11.3 Å². The highest BCUT2D eigenvalue weighted by molar-refractivity contribution is 5.73. The van der Waals surface area contributed by atoms with E-state index in [2.05, 4.69) is 30.2 Å². The van der Waals surface area contributed by atoms with Crippen LogP contribution in [0, 0.1) is 5.92 Å². The molecule has 1 aliphatic rings. The van der Waals surface area contributed by atoms with Crippen molar-refractivity contribution in [1.82, 2.24) is 34.8 Å². The van der Waals surface area contributed by atoms with E-state index in [-0.39, 0.29) is 0 Å². The molecule has 3 aromatic rings. The Hall–Kier alpha value is -4.02. The largest absolute Gasteiger partial charge is 0.490 e. The summed E-state index contributed by atoms with van der Waals surface area (Å²) >= 11 is 0. The molecule has 4 rings (SSSR count). The minimum absolute atomic E-state index is 0.597. The molecule has 1 unspecified atom stereocenters. The summed E-state index contributed by atoms with van der Waals surface area (Å²) in [4.78, 5) is 31.9. The molecule has 0 bridgehead atoms. The zero-order valence-corrected chi connectivity index (χ0v) is 19.5. The minimum Gasteiger partial charge on any atom is -0.475 e. The molecule has 4 heterocycles. The van der Waals surface area contributed by atoms with Crippen molar-refractivity contribution in [1.29, 1.82) is 0 Å². The number of carboxylic acid groups (broad SMARTS) is 2. The Kier molecular flexibility index (Phi) is 10.7. The smallest absolute Gasteiger partial charge is 0.475 e. The summed E-state index contributed by atoms with van der Waals surface area (Å²) in [5.74, 6) is -4.92. The Morgan fingerprint density at radius 1 is 1.05 bits per heavy atom. The number of pyridine rings is 1. The van der Waals surface area contributed by atoms with Crippen LogP contribution in [0.15, 0.2) is 43.1 Å². The van der Waals surface area contributed by atoms with E-state index in [1.165, 1.54) is 18.5 Å². The Morgan fingerprint density at radius 3 is 2.24 bits per heavy atom. The average molecular weight is 551 g/mol. The molecular formula is C21H23F6N7O4. The fraction of sp³-hybridized carbons (Fsp3) is 0.429. The number of imidazole rings is 1. The quantitative estimate of drug-likeness (QED) is 0.406. The molecule has 0 radical (unpaired) electrons. The average Bonchev–Trinajstić information content (AvgIpc) is 3.52. The van der Waals surface area contributed by atoms with E-state index in [9.17, 15) is 26.3 Å². The molecule has 0 aliphatic carbocycles. The summed E-state index contributed by atoms with van der Waals surface area (Å²) in [7, 11) is 0. The molecule has 17 heteroatoms. The topological polar surface area (TPSA) is 150 Å². The van der Waals surface area contributed by atoms with E-state index in [1.807, 2.05) is 35.3 Å². The van der Waals surface area contributed by atoms with Gasteiger partial charge in [0.05, 0.1) is 18.2 Å². The highest BCUT2D eigenvalue weighted by Crippen LogP contribution is 2.20. The van der Waals surface area contributed by atoms with Crippen molar-refractivity contribution in [3.05, 3.63) is 48.8 Å². The lowest BCUT2D eigenvalue weighted by atomic mass is 9.98. The first-order chi connectivity index (χ1) is 17.8. The second-order valence-electron chi connectivity index (χ2n) is 7.97. The van der Waals surface area contributed by atoms with Gasteiger partial charge in [-0.05, 0) is 37.4 Å². The summed E-state index contributed by atoms with van der Waals surface area (Å²) in [6, 6.07) is 5.83. The molecule has 0 aromatic carbocycles. The molecule has 1 aliphatic heterocycles. The van der Waals surface area contributed by atoms with Crippen molar-refractivity contribution in [2.24, 2.45) is 5.92 Å². The number of H-pyrrole nitrogens is 1. The van der Waals surface area contributed by atoms with Crippen LogP contribution in [0.1, 0.15) is 18.5 Å². The number of aromatic nitrogens is 6. The van der Waals surface area contributed by atoms with Gasteiger partial charge < -0.3 is 15.2 Å². The molecule has 208 valence electrons. The van der Waals surface area contributed by atoms with Crippen molar-refractivity contribution in [2.75, 3.05) is 13.1 Å². The lowest BCUT2D eigenvalue weighted by Crippen LogP contribution is -2.36. The number of piperidine rings is 1. The minimum atomic E-state index is -5.08. The van der Waals surface area contributed by atoms with Crippen LogP contribution in [-0.4, -0.2) is 82.4 Å². The van der Waals surface area contributed by atoms with Crippen molar-refractivity contribution < 1.29 is 46.1 Å². The number of rotatable bonds is 5. The summed E-state index contributed by atoms with van der Waals surface area (Å²) in [5.41, 5.74) is 2.88. The summed E-state index contributed by atoms with van der Waals surface area (Å²) < 4.78 is 65.4. The number of aliphatic carboxylic acids is 2. The van der Waals surface area contributed by atoms with Crippen LogP contribution in [0.25, 0.3) is 11.4 Å². The van der Waals surface area contributed by atoms with Crippen molar-refractivity contribution in [2.45, 2.75) is 38.3 Å². The van der Waals surface area contributed by atoms with Crippen LogP contribution in [-0.2, 0) is 22.7 Å². The lowest BCUT2D eigenvalue weighted by molar-refractivity contribution is -0.193. The molecule has 0 saturated carbocycles. The van der Waals surface area contributed by atoms with Gasteiger partial charge in [0.2, 0.25) is 0 Å². The van der Waals surface area contributed by atoms with Crippen LogP contribution in [0.4, 0.5) is 26.3 Å². The molecule has 3 N–H and O–H groups in total. The third kappa shape index (κ3) is 10.5. The van der Waals surface area contributed by atoms with E-state index in [4.69, 9.17) is 19.8 Å². The molecule has 38 heavy (non-hydrogen) atoms. The number of aromatic amines is 1. The normalized spacial score (nSPS) is 16.0. The van der Waals surface area contributed by atoms with Gasteiger partial charge in [-0.3, -0.25) is 14.6 Å². The summed E-state index contributed by atoms with van der Waals surface area (Å²) in [6.07, 6.45) is -0.288. The zero-order chi connectivity index (χ0) is 28.3. The maximum atomic E-state index is 10.6. The number of hydrogen-bond acceptors (Lipinski definition) is 7. The number of carboxylic acids is 2. The Bertz CT molecular complexity index is 1110. The van der Waals surface area contributed by atoms with Gasteiger partial charge in [0.1, 0.15) is 5.69 Å². The zero-order valence-electron chi connectivity index (χ0n) is 19.5. The van der Waals surface area contributed by atoms with Crippen LogP contribution < -0.4 is 0 Å². The summed E-state index contributed by atoms with van der Waals surface area (Å²) in [6.45, 7) is 4.07. The maximum Gasteiger partial charge on any atom is 0.490 e. The SMILES string of the molecule is O=C(O)C(F)(F)F.O=C(O)C(F)(F)F.c1ccc(-c2cn(CC3CCCN(Cc4cnc[nH]4)C3)nn2)nc1. The Labute approximate surface area is 211 Å². The van der Waals surface area contributed by atoms with Gasteiger partial charge in [0.15, 0.2) is 0 Å². The highest BCUT2D eigenvalue weighted by Gasteiger charge is 2.38. The van der Waals surface area contributed by atoms with Gasteiger partial charge in [0, 0.05) is 37.7 Å². The molecular weight excluding hydrogens is 528 g/mol. The third-order valence-electron chi connectivity index (χ3n) is 4.95. The van der Waals surface area contributed by atoms with E-state index < -0.39 is 24.3 Å². The fourth-order valence-electron chi connectivity index (χ4n) is 3.34. The van der Waals surface area contributed by atoms with Gasteiger partial charge >= 0.3 is 24.3 Å². The van der Waals surface area contributed by atoms with Crippen molar-refractivity contribution in [3.63, 3.8) is 0 Å². The number of hydrogen-bond donors (Lipinski definition) is 3. The lowest BCUT2D eigenvalue weighted by Gasteiger charge is -2.32. The number of nitrogens with one attached hydrogen (secondary N) is 1. The first kappa shape index (κ1) is 30.2. The number of likely N-dealkylation sites (tertiary alicyclic amines) is 1. The molecule has 3 aromatic heterocycles. The van der Waals surface area contributed by atoms with Gasteiger partial charge in [-0.2, -0.15) is 26.3 Å². The number of alkyl halides is 6. The van der Waals surface area contributed by atoms with Crippen molar-refractivity contribution >= 4 is 11.9 Å². The van der Waals surface area contributed by atoms with Gasteiger partial charge in [-0.15, -0.1) is 5.10 Å². The second kappa shape index (κ2) is 13.5.